The first kappa shape index (κ1) is 5.47. The molecule has 0 saturated heterocycles. The van der Waals surface area contributed by atoms with Crippen LogP contribution in [0.25, 0.3) is 10.7 Å². The summed E-state index contributed by atoms with van der Waals surface area (Å²) in [7, 11) is 1.44. The predicted octanol–water partition coefficient (Wildman–Crippen LogP) is 0.459. The quantitative estimate of drug-likeness (QED) is 0.567. The average molecular weight is 133 g/mol. The van der Waals surface area contributed by atoms with E-state index in [1.54, 1.807) is 18.5 Å². The second-order valence-electron chi connectivity index (χ2n) is 2.05. The number of hydrogen-bond donors (Lipinski definition) is 1. The molecule has 0 radical (unpaired) electrons. The van der Waals surface area contributed by atoms with Crippen LogP contribution in [0.2, 0.25) is 0 Å². The molecule has 10 heavy (non-hydrogen) atoms. The number of hydrogen-bond acceptors (Lipinski definition) is 2. The van der Waals surface area contributed by atoms with Crippen molar-refractivity contribution in [1.82, 2.24) is 4.98 Å². The summed E-state index contributed by atoms with van der Waals surface area (Å²) in [5, 5.41) is 1.44. The van der Waals surface area contributed by atoms with Crippen molar-refractivity contribution in [3.05, 3.63) is 28.9 Å². The van der Waals surface area contributed by atoms with Gasteiger partial charge in [0.2, 0.25) is 0 Å². The van der Waals surface area contributed by atoms with Crippen molar-refractivity contribution < 1.29 is 4.33 Å². The Morgan fingerprint density at radius 1 is 1.60 bits per heavy atom. The third-order valence-electron chi connectivity index (χ3n) is 1.41. The van der Waals surface area contributed by atoms with Crippen LogP contribution in [0.3, 0.4) is 0 Å². The summed E-state index contributed by atoms with van der Waals surface area (Å²) >= 11 is 0. The van der Waals surface area contributed by atoms with Crippen LogP contribution in [-0.4, -0.2) is 12.1 Å². The van der Waals surface area contributed by atoms with Crippen LogP contribution in [0.15, 0.2) is 27.7 Å². The zero-order chi connectivity index (χ0) is 6.97. The number of rotatable bonds is 0. The number of H-pyrrole nitrogens is 1. The molecule has 0 fully saturated rings. The maximum atomic E-state index is 10.9. The molecule has 0 aliphatic rings. The molecule has 2 aromatic heterocycles. The van der Waals surface area contributed by atoms with Crippen LogP contribution >= 0.6 is 0 Å². The molecular formula is C6H4BNO2. The van der Waals surface area contributed by atoms with Gasteiger partial charge in [0.25, 0.3) is 0 Å². The molecule has 0 bridgehead atoms. The molecule has 0 aromatic carbocycles. The van der Waals surface area contributed by atoms with Crippen LogP contribution < -0.4 is 5.56 Å². The summed E-state index contributed by atoms with van der Waals surface area (Å²) in [5.41, 5.74) is -0.105. The van der Waals surface area contributed by atoms with Crippen molar-refractivity contribution >= 4 is 17.8 Å². The Morgan fingerprint density at radius 3 is 3.30 bits per heavy atom. The van der Waals surface area contributed by atoms with Crippen molar-refractivity contribution in [2.24, 2.45) is 0 Å². The van der Waals surface area contributed by atoms with E-state index < -0.39 is 0 Å². The molecule has 2 aromatic rings. The standard InChI is InChI=1S/C6H4BNO2/c9-6-5-4(1-2-8-6)3-10-7-5/h1-3H,(H,8,9). The zero-order valence-electron chi connectivity index (χ0n) is 5.13. The SMILES string of the molecule is O=c1[nH]ccc2cobc12. The van der Waals surface area contributed by atoms with E-state index in [-0.39, 0.29) is 5.56 Å². The second kappa shape index (κ2) is 1.83. The molecule has 0 saturated carbocycles. The first-order valence-corrected chi connectivity index (χ1v) is 2.91. The van der Waals surface area contributed by atoms with Crippen molar-refractivity contribution in [3.63, 3.8) is 0 Å². The van der Waals surface area contributed by atoms with E-state index in [0.717, 1.165) is 5.39 Å². The number of nitrogens with one attached hydrogen (secondary N) is 1. The minimum absolute atomic E-state index is 0.105. The fourth-order valence-corrected chi connectivity index (χ4v) is 0.905. The topological polar surface area (TPSA) is 46.0 Å². The molecule has 0 amide bonds. The minimum atomic E-state index is -0.105. The first-order valence-electron chi connectivity index (χ1n) is 2.91. The summed E-state index contributed by atoms with van der Waals surface area (Å²) in [6, 6.07) is 1.79. The number of pyridine rings is 1. The predicted molar refractivity (Wildman–Crippen MR) is 38.2 cm³/mol. The summed E-state index contributed by atoms with van der Waals surface area (Å²) in [5.74, 6) is 0. The Kier molecular flexibility index (Phi) is 1.00. The molecule has 4 heteroatoms. The van der Waals surface area contributed by atoms with E-state index >= 15 is 0 Å². The molecule has 0 atom stereocenters. The molecule has 0 aliphatic heterocycles. The van der Waals surface area contributed by atoms with Crippen LogP contribution in [0, 0.1) is 0 Å². The van der Waals surface area contributed by atoms with Gasteiger partial charge < -0.3 is 0 Å². The Bertz CT molecular complexity index is 403. The van der Waals surface area contributed by atoms with E-state index in [2.05, 4.69) is 4.98 Å². The fourth-order valence-electron chi connectivity index (χ4n) is 0.905. The van der Waals surface area contributed by atoms with E-state index in [0.29, 0.717) is 5.28 Å². The van der Waals surface area contributed by atoms with Gasteiger partial charge in [0.1, 0.15) is 0 Å². The zero-order valence-corrected chi connectivity index (χ0v) is 5.13. The monoisotopic (exact) mass is 133 g/mol. The molecule has 0 aliphatic carbocycles. The van der Waals surface area contributed by atoms with E-state index in [1.165, 1.54) is 7.13 Å². The molecule has 2 heterocycles. The average Bonchev–Trinajstić information content (AvgIpc) is 2.36. The van der Waals surface area contributed by atoms with Crippen molar-refractivity contribution in [3.8, 4) is 0 Å². The first-order chi connectivity index (χ1) is 4.88. The fraction of sp³-hybridized carbons (Fsp3) is 0. The molecule has 48 valence electrons. The third kappa shape index (κ3) is 0.619. The van der Waals surface area contributed by atoms with Crippen molar-refractivity contribution in [2.45, 2.75) is 0 Å². The van der Waals surface area contributed by atoms with E-state index in [9.17, 15) is 4.79 Å². The summed E-state index contributed by atoms with van der Waals surface area (Å²) in [4.78, 5) is 13.5. The van der Waals surface area contributed by atoms with Crippen LogP contribution in [-0.2, 0) is 0 Å². The van der Waals surface area contributed by atoms with Gasteiger partial charge in [-0.25, -0.2) is 0 Å². The maximum absolute atomic E-state index is 10.9. The molecule has 0 spiro atoms. The number of aromatic amines is 1. The third-order valence-corrected chi connectivity index (χ3v) is 1.41. The van der Waals surface area contributed by atoms with E-state index in [4.69, 9.17) is 4.33 Å². The molecule has 0 unspecified atom stereocenters. The van der Waals surface area contributed by atoms with Crippen LogP contribution in [0.5, 0.6) is 0 Å². The van der Waals surface area contributed by atoms with Crippen molar-refractivity contribution in [2.75, 3.05) is 0 Å². The van der Waals surface area contributed by atoms with Crippen LogP contribution in [0.4, 0.5) is 0 Å². The van der Waals surface area contributed by atoms with Gasteiger partial charge in [0.05, 0.1) is 0 Å². The van der Waals surface area contributed by atoms with Gasteiger partial charge in [-0.05, 0) is 0 Å². The Balaban J connectivity index is 3.09. The molecule has 3 nitrogen and oxygen atoms in total. The van der Waals surface area contributed by atoms with Crippen LogP contribution in [0.1, 0.15) is 0 Å². The molecule has 1 N–H and O–H groups in total. The van der Waals surface area contributed by atoms with Gasteiger partial charge in [-0.15, -0.1) is 0 Å². The van der Waals surface area contributed by atoms with Gasteiger partial charge >= 0.3 is 56.0 Å². The van der Waals surface area contributed by atoms with Gasteiger partial charge in [0.15, 0.2) is 0 Å². The second-order valence-corrected chi connectivity index (χ2v) is 2.05. The van der Waals surface area contributed by atoms with Gasteiger partial charge in [-0.3, -0.25) is 0 Å². The summed E-state index contributed by atoms with van der Waals surface area (Å²) in [6.07, 6.45) is 3.14. The van der Waals surface area contributed by atoms with E-state index in [1.807, 2.05) is 0 Å². The Labute approximate surface area is 56.9 Å². The Morgan fingerprint density at radius 2 is 2.50 bits per heavy atom. The van der Waals surface area contributed by atoms with Gasteiger partial charge in [-0.1, -0.05) is 0 Å². The van der Waals surface area contributed by atoms with Gasteiger partial charge in [0, 0.05) is 0 Å². The molecule has 2 rings (SSSR count). The number of fused-ring (bicyclic) bond motifs is 1. The van der Waals surface area contributed by atoms with Gasteiger partial charge in [-0.2, -0.15) is 0 Å². The number of aromatic nitrogens is 1. The summed E-state index contributed by atoms with van der Waals surface area (Å²) < 4.78 is 4.83. The molecular weight excluding hydrogens is 129 g/mol. The Hall–Kier alpha value is -1.32. The van der Waals surface area contributed by atoms with Crippen molar-refractivity contribution in [1.29, 1.82) is 0 Å². The normalized spacial score (nSPS) is 10.0. The summed E-state index contributed by atoms with van der Waals surface area (Å²) in [6.45, 7) is 0.